The molecule has 92 valence electrons. The molecule has 0 spiro atoms. The minimum Gasteiger partial charge on any atom is -0.144 e. The average Bonchev–Trinajstić information content (AvgIpc) is 2.56. The third-order valence-electron chi connectivity index (χ3n) is 3.06. The molecule has 0 aliphatic carbocycles. The monoisotopic (exact) mass is 258 g/mol. The van der Waals surface area contributed by atoms with E-state index in [9.17, 15) is 0 Å². The van der Waals surface area contributed by atoms with Gasteiger partial charge in [0.05, 0.1) is 5.38 Å². The molecule has 0 saturated carbocycles. The predicted molar refractivity (Wildman–Crippen MR) is 75.7 cm³/mol. The van der Waals surface area contributed by atoms with Crippen molar-refractivity contribution in [1.29, 1.82) is 0 Å². The van der Waals surface area contributed by atoms with Crippen molar-refractivity contribution >= 4 is 22.9 Å². The maximum Gasteiger partial charge on any atom is 0.0709 e. The Hall–Kier alpha value is -0.0100. The van der Waals surface area contributed by atoms with E-state index < -0.39 is 0 Å². The van der Waals surface area contributed by atoms with Gasteiger partial charge in [0.1, 0.15) is 0 Å². The summed E-state index contributed by atoms with van der Waals surface area (Å²) in [6.07, 6.45) is 4.96. The van der Waals surface area contributed by atoms with E-state index in [0.717, 1.165) is 0 Å². The van der Waals surface area contributed by atoms with Crippen LogP contribution >= 0.6 is 22.9 Å². The molecule has 0 N–H and O–H groups in total. The fourth-order valence-corrected chi connectivity index (χ4v) is 3.99. The van der Waals surface area contributed by atoms with E-state index in [1.54, 1.807) is 0 Å². The summed E-state index contributed by atoms with van der Waals surface area (Å²) in [5.41, 5.74) is 1.37. The summed E-state index contributed by atoms with van der Waals surface area (Å²) in [5.74, 6) is 0.647. The molecule has 1 rings (SSSR count). The highest BCUT2D eigenvalue weighted by Gasteiger charge is 2.22. The summed E-state index contributed by atoms with van der Waals surface area (Å²) in [5, 5.41) is 0.221. The third-order valence-corrected chi connectivity index (χ3v) is 5.00. The van der Waals surface area contributed by atoms with Crippen LogP contribution in [0.2, 0.25) is 0 Å². The lowest BCUT2D eigenvalue weighted by Crippen LogP contribution is -2.07. The number of thiophene rings is 1. The van der Waals surface area contributed by atoms with Crippen LogP contribution in [0.15, 0.2) is 6.07 Å². The SMILES string of the molecule is CCCC(CCC)C(Cl)c1sc(C)cc1C. The van der Waals surface area contributed by atoms with Crippen molar-refractivity contribution in [3.8, 4) is 0 Å². The Labute approximate surface area is 109 Å². The lowest BCUT2D eigenvalue weighted by molar-refractivity contribution is 0.428. The Kier molecular flexibility index (Phi) is 5.85. The Bertz CT molecular complexity index is 311. The predicted octanol–water partition coefficient (Wildman–Crippen LogP) is 5.86. The van der Waals surface area contributed by atoms with Gasteiger partial charge < -0.3 is 0 Å². The van der Waals surface area contributed by atoms with Crippen LogP contribution in [-0.2, 0) is 0 Å². The van der Waals surface area contributed by atoms with Gasteiger partial charge in [-0.05, 0) is 44.2 Å². The summed E-state index contributed by atoms with van der Waals surface area (Å²) in [6.45, 7) is 8.85. The van der Waals surface area contributed by atoms with Gasteiger partial charge >= 0.3 is 0 Å². The zero-order valence-corrected chi connectivity index (χ0v) is 12.4. The Morgan fingerprint density at radius 2 is 1.75 bits per heavy atom. The maximum atomic E-state index is 6.66. The number of alkyl halides is 1. The van der Waals surface area contributed by atoms with Crippen LogP contribution in [0.4, 0.5) is 0 Å². The zero-order valence-electron chi connectivity index (χ0n) is 10.8. The summed E-state index contributed by atoms with van der Waals surface area (Å²) in [6, 6.07) is 2.25. The summed E-state index contributed by atoms with van der Waals surface area (Å²) >= 11 is 8.53. The Balaban J connectivity index is 2.80. The van der Waals surface area contributed by atoms with Crippen molar-refractivity contribution in [1.82, 2.24) is 0 Å². The molecule has 0 aliphatic rings. The molecule has 1 aromatic rings. The fraction of sp³-hybridized carbons (Fsp3) is 0.714. The number of hydrogen-bond acceptors (Lipinski definition) is 1. The molecule has 1 aromatic heterocycles. The van der Waals surface area contributed by atoms with Gasteiger partial charge in [-0.25, -0.2) is 0 Å². The molecule has 0 bridgehead atoms. The van der Waals surface area contributed by atoms with Gasteiger partial charge in [-0.3, -0.25) is 0 Å². The molecule has 0 saturated heterocycles. The highest BCUT2D eigenvalue weighted by Crippen LogP contribution is 2.40. The fourth-order valence-electron chi connectivity index (χ4n) is 2.33. The van der Waals surface area contributed by atoms with Gasteiger partial charge in [-0.2, -0.15) is 0 Å². The van der Waals surface area contributed by atoms with Crippen molar-refractivity contribution in [3.63, 3.8) is 0 Å². The molecule has 0 radical (unpaired) electrons. The van der Waals surface area contributed by atoms with Gasteiger partial charge in [0.15, 0.2) is 0 Å². The molecule has 0 aliphatic heterocycles. The van der Waals surface area contributed by atoms with Crippen LogP contribution in [0.5, 0.6) is 0 Å². The van der Waals surface area contributed by atoms with E-state index in [-0.39, 0.29) is 5.38 Å². The van der Waals surface area contributed by atoms with E-state index in [1.165, 1.54) is 41.0 Å². The number of aryl methyl sites for hydroxylation is 2. The first-order chi connectivity index (χ1) is 7.60. The molecular formula is C14H23ClS. The number of halogens is 1. The van der Waals surface area contributed by atoms with Crippen LogP contribution in [0, 0.1) is 19.8 Å². The first-order valence-corrected chi connectivity index (χ1v) is 7.56. The number of rotatable bonds is 6. The third kappa shape index (κ3) is 3.49. The summed E-state index contributed by atoms with van der Waals surface area (Å²) in [4.78, 5) is 2.77. The van der Waals surface area contributed by atoms with Crippen LogP contribution < -0.4 is 0 Å². The second-order valence-corrected chi connectivity index (χ2v) is 6.40. The molecule has 0 aromatic carbocycles. The molecule has 0 fully saturated rings. The topological polar surface area (TPSA) is 0 Å². The average molecular weight is 259 g/mol. The lowest BCUT2D eigenvalue weighted by Gasteiger charge is -2.21. The highest BCUT2D eigenvalue weighted by atomic mass is 35.5. The first kappa shape index (κ1) is 14.1. The minimum absolute atomic E-state index is 0.221. The maximum absolute atomic E-state index is 6.66. The van der Waals surface area contributed by atoms with E-state index in [1.807, 2.05) is 11.3 Å². The molecule has 1 heterocycles. The summed E-state index contributed by atoms with van der Waals surface area (Å²) < 4.78 is 0. The molecule has 1 unspecified atom stereocenters. The molecule has 16 heavy (non-hydrogen) atoms. The smallest absolute Gasteiger partial charge is 0.0709 e. The number of hydrogen-bond donors (Lipinski definition) is 0. The van der Waals surface area contributed by atoms with E-state index in [0.29, 0.717) is 5.92 Å². The van der Waals surface area contributed by atoms with Gasteiger partial charge in [0.25, 0.3) is 0 Å². The van der Waals surface area contributed by atoms with Crippen molar-refractivity contribution < 1.29 is 0 Å². The van der Waals surface area contributed by atoms with Gasteiger partial charge in [-0.1, -0.05) is 26.7 Å². The Morgan fingerprint density at radius 1 is 1.19 bits per heavy atom. The first-order valence-electron chi connectivity index (χ1n) is 6.31. The molecule has 2 heteroatoms. The van der Waals surface area contributed by atoms with Crippen molar-refractivity contribution in [2.75, 3.05) is 0 Å². The van der Waals surface area contributed by atoms with Crippen LogP contribution in [0.25, 0.3) is 0 Å². The minimum atomic E-state index is 0.221. The van der Waals surface area contributed by atoms with Crippen molar-refractivity contribution in [2.45, 2.75) is 58.8 Å². The molecular weight excluding hydrogens is 236 g/mol. The van der Waals surface area contributed by atoms with Crippen LogP contribution in [0.1, 0.15) is 60.2 Å². The second-order valence-electron chi connectivity index (χ2n) is 4.64. The van der Waals surface area contributed by atoms with Crippen LogP contribution in [0.3, 0.4) is 0 Å². The van der Waals surface area contributed by atoms with Gasteiger partial charge in [0, 0.05) is 9.75 Å². The standard InChI is InChI=1S/C14H23ClS/c1-5-7-12(8-6-2)13(15)14-10(3)9-11(4)16-14/h9,12-13H,5-8H2,1-4H3. The van der Waals surface area contributed by atoms with E-state index >= 15 is 0 Å². The molecule has 0 amide bonds. The van der Waals surface area contributed by atoms with Gasteiger partial charge in [0.2, 0.25) is 0 Å². The Morgan fingerprint density at radius 3 is 2.12 bits per heavy atom. The summed E-state index contributed by atoms with van der Waals surface area (Å²) in [7, 11) is 0. The normalized spacial score (nSPS) is 13.4. The van der Waals surface area contributed by atoms with Crippen molar-refractivity contribution in [2.24, 2.45) is 5.92 Å². The van der Waals surface area contributed by atoms with E-state index in [2.05, 4.69) is 33.8 Å². The largest absolute Gasteiger partial charge is 0.144 e. The quantitative estimate of drug-likeness (QED) is 0.561. The zero-order chi connectivity index (χ0) is 12.1. The lowest BCUT2D eigenvalue weighted by atomic mass is 9.93. The molecule has 1 atom stereocenters. The second kappa shape index (κ2) is 6.66. The van der Waals surface area contributed by atoms with Crippen LogP contribution in [-0.4, -0.2) is 0 Å². The highest BCUT2D eigenvalue weighted by molar-refractivity contribution is 7.12. The van der Waals surface area contributed by atoms with Crippen molar-refractivity contribution in [3.05, 3.63) is 21.4 Å². The molecule has 0 nitrogen and oxygen atoms in total. The van der Waals surface area contributed by atoms with Gasteiger partial charge in [-0.15, -0.1) is 22.9 Å². The van der Waals surface area contributed by atoms with E-state index in [4.69, 9.17) is 11.6 Å².